The van der Waals surface area contributed by atoms with Gasteiger partial charge in [-0.15, -0.1) is 0 Å². The number of rotatable bonds is 1. The minimum absolute atomic E-state index is 0.00509. The van der Waals surface area contributed by atoms with Crippen LogP contribution in [0.4, 0.5) is 0 Å². The Bertz CT molecular complexity index is 353. The van der Waals surface area contributed by atoms with Crippen molar-refractivity contribution in [3.8, 4) is 0 Å². The van der Waals surface area contributed by atoms with E-state index >= 15 is 0 Å². The maximum atomic E-state index is 12.5. The van der Waals surface area contributed by atoms with E-state index in [0.717, 1.165) is 45.2 Å². The zero-order valence-electron chi connectivity index (χ0n) is 11.2. The second-order valence-electron chi connectivity index (χ2n) is 6.65. The van der Waals surface area contributed by atoms with Gasteiger partial charge in [-0.25, -0.2) is 0 Å². The summed E-state index contributed by atoms with van der Waals surface area (Å²) in [6, 6.07) is 0. The number of ether oxygens (including phenoxy) is 1. The van der Waals surface area contributed by atoms with E-state index < -0.39 is 0 Å². The van der Waals surface area contributed by atoms with Gasteiger partial charge in [0.05, 0.1) is 24.7 Å². The third-order valence-corrected chi connectivity index (χ3v) is 5.11. The Morgan fingerprint density at radius 2 is 2.06 bits per heavy atom. The monoisotopic (exact) mass is 253 g/mol. The maximum Gasteiger partial charge on any atom is 0.233 e. The van der Waals surface area contributed by atoms with Crippen molar-refractivity contribution in [3.63, 3.8) is 0 Å². The molecule has 0 aromatic heterocycles. The zero-order valence-corrected chi connectivity index (χ0v) is 11.2. The number of aliphatic hydroxyl groups is 1. The number of carbonyl (C=O) groups is 1. The van der Waals surface area contributed by atoms with E-state index in [-0.39, 0.29) is 22.8 Å². The minimum Gasteiger partial charge on any atom is -0.392 e. The number of nitrogens with zero attached hydrogens (tertiary/aromatic N) is 1. The summed E-state index contributed by atoms with van der Waals surface area (Å²) in [4.78, 5) is 14.5. The molecule has 2 aliphatic heterocycles. The van der Waals surface area contributed by atoms with Gasteiger partial charge in [-0.2, -0.15) is 0 Å². The standard InChI is InChI=1S/C14H23NO3/c1-13(9-18-10-13)12(17)15-7-3-6-14(8-15)5-2-4-11(14)16/h11,16H,2-10H2,1H3/t11-,14+/m1/s1. The molecule has 1 spiro atoms. The highest BCUT2D eigenvalue weighted by Gasteiger charge is 2.49. The molecule has 2 saturated heterocycles. The van der Waals surface area contributed by atoms with Gasteiger partial charge in [0.1, 0.15) is 0 Å². The molecule has 3 aliphatic rings. The SMILES string of the molecule is CC1(C(=O)N2CCC[C@@]3(CCC[C@H]3O)C2)COC1. The molecule has 3 rings (SSSR count). The molecule has 2 atom stereocenters. The summed E-state index contributed by atoms with van der Waals surface area (Å²) in [7, 11) is 0. The number of amides is 1. The molecular formula is C14H23NO3. The molecule has 102 valence electrons. The minimum atomic E-state index is -0.303. The van der Waals surface area contributed by atoms with Gasteiger partial charge in [-0.1, -0.05) is 6.42 Å². The molecule has 1 amide bonds. The number of hydrogen-bond acceptors (Lipinski definition) is 3. The first-order chi connectivity index (χ1) is 8.56. The molecular weight excluding hydrogens is 230 g/mol. The van der Waals surface area contributed by atoms with E-state index in [1.807, 2.05) is 11.8 Å². The number of likely N-dealkylation sites (tertiary alicyclic amines) is 1. The van der Waals surface area contributed by atoms with Gasteiger partial charge in [0.25, 0.3) is 0 Å². The predicted molar refractivity (Wildman–Crippen MR) is 67.0 cm³/mol. The van der Waals surface area contributed by atoms with Gasteiger partial charge in [-0.3, -0.25) is 4.79 Å². The number of carbonyl (C=O) groups excluding carboxylic acids is 1. The first-order valence-corrected chi connectivity index (χ1v) is 7.11. The summed E-state index contributed by atoms with van der Waals surface area (Å²) in [6.07, 6.45) is 4.97. The molecule has 18 heavy (non-hydrogen) atoms. The van der Waals surface area contributed by atoms with Crippen LogP contribution < -0.4 is 0 Å². The molecule has 0 aromatic carbocycles. The fourth-order valence-corrected chi connectivity index (χ4v) is 3.84. The van der Waals surface area contributed by atoms with Gasteiger partial charge in [0.15, 0.2) is 0 Å². The number of piperidine rings is 1. The van der Waals surface area contributed by atoms with Crippen LogP contribution in [0.25, 0.3) is 0 Å². The van der Waals surface area contributed by atoms with Crippen LogP contribution in [0.5, 0.6) is 0 Å². The normalized spacial score (nSPS) is 38.8. The smallest absolute Gasteiger partial charge is 0.233 e. The zero-order chi connectivity index (χ0) is 12.8. The Morgan fingerprint density at radius 3 is 2.61 bits per heavy atom. The van der Waals surface area contributed by atoms with Crippen LogP contribution in [-0.2, 0) is 9.53 Å². The third kappa shape index (κ3) is 1.77. The van der Waals surface area contributed by atoms with Crippen molar-refractivity contribution in [1.29, 1.82) is 0 Å². The lowest BCUT2D eigenvalue weighted by molar-refractivity contribution is -0.173. The van der Waals surface area contributed by atoms with E-state index in [9.17, 15) is 9.90 Å². The van der Waals surface area contributed by atoms with E-state index in [2.05, 4.69) is 0 Å². The second-order valence-corrected chi connectivity index (χ2v) is 6.65. The topological polar surface area (TPSA) is 49.8 Å². The quantitative estimate of drug-likeness (QED) is 0.763. The van der Waals surface area contributed by atoms with Crippen LogP contribution in [0.3, 0.4) is 0 Å². The highest BCUT2D eigenvalue weighted by Crippen LogP contribution is 2.46. The van der Waals surface area contributed by atoms with E-state index in [1.165, 1.54) is 0 Å². The summed E-state index contributed by atoms with van der Waals surface area (Å²) in [5.41, 5.74) is -0.309. The fraction of sp³-hybridized carbons (Fsp3) is 0.929. The van der Waals surface area contributed by atoms with Crippen LogP contribution in [0.15, 0.2) is 0 Å². The van der Waals surface area contributed by atoms with Crippen molar-refractivity contribution in [3.05, 3.63) is 0 Å². The second kappa shape index (κ2) is 4.20. The van der Waals surface area contributed by atoms with Crippen molar-refractivity contribution >= 4 is 5.91 Å². The lowest BCUT2D eigenvalue weighted by Crippen LogP contribution is -2.58. The molecule has 1 N–H and O–H groups in total. The molecule has 0 bridgehead atoms. The van der Waals surface area contributed by atoms with Crippen LogP contribution in [0.1, 0.15) is 39.0 Å². The molecule has 4 nitrogen and oxygen atoms in total. The first kappa shape index (κ1) is 12.4. The molecule has 4 heteroatoms. The molecule has 2 heterocycles. The van der Waals surface area contributed by atoms with Crippen molar-refractivity contribution in [2.75, 3.05) is 26.3 Å². The van der Waals surface area contributed by atoms with Crippen LogP contribution in [-0.4, -0.2) is 48.3 Å². The van der Waals surface area contributed by atoms with Gasteiger partial charge < -0.3 is 14.7 Å². The van der Waals surface area contributed by atoms with Crippen molar-refractivity contribution in [1.82, 2.24) is 4.90 Å². The lowest BCUT2D eigenvalue weighted by Gasteiger charge is -2.47. The van der Waals surface area contributed by atoms with Crippen molar-refractivity contribution < 1.29 is 14.6 Å². The van der Waals surface area contributed by atoms with Crippen LogP contribution >= 0.6 is 0 Å². The van der Waals surface area contributed by atoms with Gasteiger partial charge >= 0.3 is 0 Å². The highest BCUT2D eigenvalue weighted by molar-refractivity contribution is 5.83. The van der Waals surface area contributed by atoms with E-state index in [1.54, 1.807) is 0 Å². The first-order valence-electron chi connectivity index (χ1n) is 7.11. The lowest BCUT2D eigenvalue weighted by atomic mass is 9.75. The predicted octanol–water partition coefficient (Wildman–Crippen LogP) is 1.18. The Labute approximate surface area is 108 Å². The summed E-state index contributed by atoms with van der Waals surface area (Å²) in [5, 5.41) is 10.2. The average Bonchev–Trinajstić information content (AvgIpc) is 2.67. The number of aliphatic hydroxyl groups excluding tert-OH is 1. The van der Waals surface area contributed by atoms with Gasteiger partial charge in [0.2, 0.25) is 5.91 Å². The molecule has 0 radical (unpaired) electrons. The van der Waals surface area contributed by atoms with Crippen molar-refractivity contribution in [2.24, 2.45) is 10.8 Å². The molecule has 0 aromatic rings. The van der Waals surface area contributed by atoms with E-state index in [0.29, 0.717) is 13.2 Å². The molecule has 1 aliphatic carbocycles. The van der Waals surface area contributed by atoms with Crippen LogP contribution in [0.2, 0.25) is 0 Å². The highest BCUT2D eigenvalue weighted by atomic mass is 16.5. The Kier molecular flexibility index (Phi) is 2.90. The Balaban J connectivity index is 1.72. The fourth-order valence-electron chi connectivity index (χ4n) is 3.84. The van der Waals surface area contributed by atoms with Crippen LogP contribution in [0, 0.1) is 10.8 Å². The van der Waals surface area contributed by atoms with E-state index in [4.69, 9.17) is 4.74 Å². The third-order valence-electron chi connectivity index (χ3n) is 5.11. The van der Waals surface area contributed by atoms with Crippen molar-refractivity contribution in [2.45, 2.75) is 45.1 Å². The Morgan fingerprint density at radius 1 is 1.33 bits per heavy atom. The largest absolute Gasteiger partial charge is 0.392 e. The maximum absolute atomic E-state index is 12.5. The van der Waals surface area contributed by atoms with Gasteiger partial charge in [-0.05, 0) is 32.6 Å². The molecule has 0 unspecified atom stereocenters. The van der Waals surface area contributed by atoms with Gasteiger partial charge in [0, 0.05) is 18.5 Å². The average molecular weight is 253 g/mol. The molecule has 3 fully saturated rings. The number of hydrogen-bond donors (Lipinski definition) is 1. The summed E-state index contributed by atoms with van der Waals surface area (Å²) in [6.45, 7) is 4.70. The summed E-state index contributed by atoms with van der Waals surface area (Å²) in [5.74, 6) is 0.229. The molecule has 1 saturated carbocycles. The summed E-state index contributed by atoms with van der Waals surface area (Å²) < 4.78 is 5.19. The Hall–Kier alpha value is -0.610. The summed E-state index contributed by atoms with van der Waals surface area (Å²) >= 11 is 0.